The van der Waals surface area contributed by atoms with Crippen molar-refractivity contribution in [1.29, 1.82) is 0 Å². The number of ether oxygens (including phenoxy) is 1. The van der Waals surface area contributed by atoms with Gasteiger partial charge in [-0.25, -0.2) is 18.1 Å². The summed E-state index contributed by atoms with van der Waals surface area (Å²) in [5, 5.41) is 3.89. The molecule has 2 aromatic rings. The first-order valence-corrected chi connectivity index (χ1v) is 12.2. The molecule has 3 atom stereocenters. The molecule has 2 fully saturated rings. The van der Waals surface area contributed by atoms with Crippen molar-refractivity contribution in [3.05, 3.63) is 35.4 Å². The summed E-state index contributed by atoms with van der Waals surface area (Å²) in [5.41, 5.74) is -1.31. The van der Waals surface area contributed by atoms with Gasteiger partial charge in [0.15, 0.2) is 21.8 Å². The van der Waals surface area contributed by atoms with Crippen molar-refractivity contribution in [3.8, 4) is 5.75 Å². The maximum atomic E-state index is 13.3. The van der Waals surface area contributed by atoms with Crippen LogP contribution < -0.4 is 4.74 Å². The van der Waals surface area contributed by atoms with Crippen LogP contribution in [0.15, 0.2) is 23.1 Å². The summed E-state index contributed by atoms with van der Waals surface area (Å²) in [4.78, 5) is 17.9. The van der Waals surface area contributed by atoms with E-state index >= 15 is 0 Å². The Labute approximate surface area is 195 Å². The summed E-state index contributed by atoms with van der Waals surface area (Å²) in [7, 11) is -2.70. The Morgan fingerprint density at radius 3 is 2.43 bits per heavy atom. The maximum absolute atomic E-state index is 13.3. The average Bonchev–Trinajstić information content (AvgIpc) is 3.06. The lowest BCUT2D eigenvalue weighted by Gasteiger charge is -2.24. The van der Waals surface area contributed by atoms with E-state index in [1.807, 2.05) is 0 Å². The number of likely N-dealkylation sites (tertiary alicyclic amines) is 1. The zero-order chi connectivity index (χ0) is 26.1. The number of halogens is 6. The highest BCUT2D eigenvalue weighted by Gasteiger charge is 2.65. The topological polar surface area (TPSA) is 94.4 Å². The minimum absolute atomic E-state index is 0.0697. The number of fused-ring (bicyclic) bond motifs is 1. The third kappa shape index (κ3) is 4.57. The summed E-state index contributed by atoms with van der Waals surface area (Å²) in [5.74, 6) is -2.77. The van der Waals surface area contributed by atoms with E-state index in [4.69, 9.17) is 4.74 Å². The molecule has 1 unspecified atom stereocenters. The third-order valence-electron chi connectivity index (χ3n) is 6.27. The number of carbonyl (C=O) groups excluding carboxylic acids is 1. The summed E-state index contributed by atoms with van der Waals surface area (Å²) in [6, 6.07) is 2.95. The molecule has 1 aliphatic carbocycles. The number of hydrogen-bond acceptors (Lipinski definition) is 6. The fraction of sp³-hybridized carbons (Fsp3) is 0.550. The van der Waals surface area contributed by atoms with Crippen LogP contribution in [0.1, 0.15) is 35.4 Å². The highest BCUT2D eigenvalue weighted by atomic mass is 32.2. The van der Waals surface area contributed by atoms with E-state index < -0.39 is 56.8 Å². The Morgan fingerprint density at radius 2 is 1.89 bits per heavy atom. The Kier molecular flexibility index (Phi) is 5.65. The minimum Gasteiger partial charge on any atom is -0.480 e. The van der Waals surface area contributed by atoms with Crippen LogP contribution in [0, 0.1) is 5.92 Å². The quantitative estimate of drug-likeness (QED) is 0.557. The summed E-state index contributed by atoms with van der Waals surface area (Å²) in [6.07, 6.45) is -10.4. The van der Waals surface area contributed by atoms with Crippen LogP contribution >= 0.6 is 0 Å². The summed E-state index contributed by atoms with van der Waals surface area (Å²) in [6.45, 7) is 0.759. The van der Waals surface area contributed by atoms with Gasteiger partial charge >= 0.3 is 12.4 Å². The van der Waals surface area contributed by atoms with E-state index in [1.54, 1.807) is 0 Å². The number of aromatic nitrogens is 3. The van der Waals surface area contributed by atoms with E-state index in [0.29, 0.717) is 11.1 Å². The predicted molar refractivity (Wildman–Crippen MR) is 107 cm³/mol. The van der Waals surface area contributed by atoms with Crippen LogP contribution in [0.25, 0.3) is 0 Å². The van der Waals surface area contributed by atoms with Crippen LogP contribution in [0.3, 0.4) is 0 Å². The lowest BCUT2D eigenvalue weighted by molar-refractivity contribution is -0.189. The number of sulfone groups is 1. The second kappa shape index (κ2) is 7.83. The van der Waals surface area contributed by atoms with Crippen LogP contribution in [0.5, 0.6) is 5.75 Å². The zero-order valence-electron chi connectivity index (χ0n) is 18.6. The molecule has 1 aliphatic heterocycles. The van der Waals surface area contributed by atoms with E-state index in [0.717, 1.165) is 38.4 Å². The largest absolute Gasteiger partial charge is 0.480 e. The molecule has 1 saturated heterocycles. The Bertz CT molecular complexity index is 1290. The molecule has 2 heterocycles. The minimum atomic E-state index is -4.74. The number of piperidine rings is 1. The number of benzene rings is 1. The zero-order valence-corrected chi connectivity index (χ0v) is 19.4. The first-order chi connectivity index (χ1) is 15.9. The van der Waals surface area contributed by atoms with Gasteiger partial charge < -0.3 is 9.64 Å². The highest BCUT2D eigenvalue weighted by Crippen LogP contribution is 2.58. The molecule has 15 heteroatoms. The molecule has 1 aromatic carbocycles. The molecule has 0 spiro atoms. The van der Waals surface area contributed by atoms with Gasteiger partial charge in [-0.2, -0.15) is 31.4 Å². The van der Waals surface area contributed by atoms with Crippen LogP contribution in [-0.2, 0) is 28.5 Å². The van der Waals surface area contributed by atoms with Gasteiger partial charge in [-0.1, -0.05) is 0 Å². The van der Waals surface area contributed by atoms with Gasteiger partial charge in [0.05, 0.1) is 15.9 Å². The Balaban J connectivity index is 1.65. The molecule has 8 nitrogen and oxygen atoms in total. The average molecular weight is 526 g/mol. The van der Waals surface area contributed by atoms with Gasteiger partial charge in [-0.05, 0) is 37.5 Å². The molecule has 1 saturated carbocycles. The Hall–Kier alpha value is -2.84. The Morgan fingerprint density at radius 1 is 1.23 bits per heavy atom. The third-order valence-corrected chi connectivity index (χ3v) is 7.38. The standard InChI is InChI=1S/C20H20F6N4O4S/c1-10(19(21,22)23)34-14-5-4-12(35(3,32)33)6-13(14)15(31)30-8-11-7-18(11,9-30)16-27-17(20(24,25)26)29(2)28-16/h4-6,10-11H,7-9H2,1-3H3/t10-,11?,18+/m1/s1. The number of aryl methyl sites for hydroxylation is 1. The van der Waals surface area contributed by atoms with Gasteiger partial charge in [0.2, 0.25) is 5.82 Å². The van der Waals surface area contributed by atoms with Gasteiger partial charge in [0.1, 0.15) is 5.75 Å². The van der Waals surface area contributed by atoms with Crippen molar-refractivity contribution in [3.63, 3.8) is 0 Å². The normalized spacial score (nSPS) is 23.2. The first-order valence-electron chi connectivity index (χ1n) is 10.3. The highest BCUT2D eigenvalue weighted by molar-refractivity contribution is 7.90. The number of carbonyl (C=O) groups is 1. The first kappa shape index (κ1) is 25.3. The number of amides is 1. The van der Waals surface area contributed by atoms with E-state index in [2.05, 4.69) is 10.1 Å². The molecule has 4 rings (SSSR count). The van der Waals surface area contributed by atoms with E-state index in [9.17, 15) is 39.6 Å². The van der Waals surface area contributed by atoms with Crippen LogP contribution in [0.4, 0.5) is 26.3 Å². The van der Waals surface area contributed by atoms with Gasteiger partial charge in [-0.15, -0.1) is 0 Å². The van der Waals surface area contributed by atoms with Crippen LogP contribution in [0.2, 0.25) is 0 Å². The predicted octanol–water partition coefficient (Wildman–Crippen LogP) is 2.98. The van der Waals surface area contributed by atoms with Gasteiger partial charge in [-0.3, -0.25) is 4.79 Å². The van der Waals surface area contributed by atoms with E-state index in [-0.39, 0.29) is 29.7 Å². The molecule has 1 amide bonds. The molecule has 192 valence electrons. The van der Waals surface area contributed by atoms with Crippen molar-refractivity contribution in [2.24, 2.45) is 13.0 Å². The molecule has 0 N–H and O–H groups in total. The summed E-state index contributed by atoms with van der Waals surface area (Å²) >= 11 is 0. The lowest BCUT2D eigenvalue weighted by Crippen LogP contribution is -2.35. The fourth-order valence-corrected chi connectivity index (χ4v) is 4.91. The molecule has 2 aliphatic rings. The SMILES string of the molecule is C[C@@H](Oc1ccc(S(C)(=O)=O)cc1C(=O)N1CC2C[C@]2(c2nc(C(F)(F)F)n(C)n2)C1)C(F)(F)F. The number of nitrogens with zero attached hydrogens (tertiary/aromatic N) is 4. The van der Waals surface area contributed by atoms with E-state index in [1.165, 1.54) is 4.90 Å². The van der Waals surface area contributed by atoms with Crippen molar-refractivity contribution in [2.75, 3.05) is 19.3 Å². The number of alkyl halides is 6. The molecule has 0 bridgehead atoms. The van der Waals surface area contributed by atoms with Crippen molar-refractivity contribution in [2.45, 2.75) is 42.1 Å². The van der Waals surface area contributed by atoms with Gasteiger partial charge in [0.25, 0.3) is 5.91 Å². The number of rotatable bonds is 5. The summed E-state index contributed by atoms with van der Waals surface area (Å²) < 4.78 is 108. The second-order valence-electron chi connectivity index (χ2n) is 8.86. The van der Waals surface area contributed by atoms with Gasteiger partial charge in [0, 0.05) is 26.4 Å². The van der Waals surface area contributed by atoms with Crippen molar-refractivity contribution < 1.29 is 44.3 Å². The smallest absolute Gasteiger partial charge is 0.451 e. The number of hydrogen-bond donors (Lipinski definition) is 0. The molecule has 1 aromatic heterocycles. The van der Waals surface area contributed by atoms with Crippen molar-refractivity contribution >= 4 is 15.7 Å². The fourth-order valence-electron chi connectivity index (χ4n) is 4.26. The molecular weight excluding hydrogens is 506 g/mol. The van der Waals surface area contributed by atoms with Crippen molar-refractivity contribution in [1.82, 2.24) is 19.7 Å². The monoisotopic (exact) mass is 526 g/mol. The van der Waals surface area contributed by atoms with Crippen LogP contribution in [-0.4, -0.2) is 65.6 Å². The lowest BCUT2D eigenvalue weighted by atomic mass is 10.1. The molecular formula is C20H20F6N4O4S. The maximum Gasteiger partial charge on any atom is 0.451 e. The molecule has 0 radical (unpaired) electrons. The second-order valence-corrected chi connectivity index (χ2v) is 10.9. The molecule has 35 heavy (non-hydrogen) atoms.